The van der Waals surface area contributed by atoms with Crippen LogP contribution in [0.5, 0.6) is 0 Å². The quantitative estimate of drug-likeness (QED) is 0.406. The third-order valence-corrected chi connectivity index (χ3v) is 8.75. The second kappa shape index (κ2) is 10.3. The van der Waals surface area contributed by atoms with E-state index < -0.39 is 14.9 Å². The summed E-state index contributed by atoms with van der Waals surface area (Å²) in [6, 6.07) is 9.78. The average Bonchev–Trinajstić information content (AvgIpc) is 3.34. The molecule has 0 radical (unpaired) electrons. The molecule has 2 fully saturated rings. The number of sulfonamides is 1. The molecule has 0 amide bonds. The van der Waals surface area contributed by atoms with Crippen molar-refractivity contribution in [3.8, 4) is 0 Å². The highest BCUT2D eigenvalue weighted by molar-refractivity contribution is 7.92. The number of nitro groups is 1. The molecule has 34 heavy (non-hydrogen) atoms. The molecule has 0 bridgehead atoms. The zero-order valence-corrected chi connectivity index (χ0v) is 20.6. The zero-order chi connectivity index (χ0) is 24.3. The van der Waals surface area contributed by atoms with Crippen LogP contribution >= 0.6 is 0 Å². The number of rotatable bonds is 8. The van der Waals surface area contributed by atoms with E-state index in [0.29, 0.717) is 37.1 Å². The molecule has 4 rings (SSSR count). The lowest BCUT2D eigenvalue weighted by Gasteiger charge is -2.31. The van der Waals surface area contributed by atoms with E-state index in [1.165, 1.54) is 22.5 Å². The summed E-state index contributed by atoms with van der Waals surface area (Å²) in [5.41, 5.74) is 2.69. The molecular weight excluding hydrogens is 454 g/mol. The number of ether oxygens (including phenoxy) is 1. The molecule has 2 aromatic carbocycles. The van der Waals surface area contributed by atoms with E-state index in [-0.39, 0.29) is 16.6 Å². The number of hydrogen-bond donors (Lipinski definition) is 1. The highest BCUT2D eigenvalue weighted by Gasteiger charge is 2.35. The lowest BCUT2D eigenvalue weighted by atomic mass is 10.0. The topological polar surface area (TPSA) is 102 Å². The van der Waals surface area contributed by atoms with E-state index in [1.54, 1.807) is 0 Å². The van der Waals surface area contributed by atoms with Crippen LogP contribution in [0.4, 0.5) is 17.1 Å². The van der Waals surface area contributed by atoms with Crippen LogP contribution in [0, 0.1) is 29.9 Å². The van der Waals surface area contributed by atoms with Crippen LogP contribution < -0.4 is 9.62 Å². The Morgan fingerprint density at radius 2 is 1.76 bits per heavy atom. The van der Waals surface area contributed by atoms with Gasteiger partial charge < -0.3 is 10.1 Å². The first-order chi connectivity index (χ1) is 16.3. The Kier molecular flexibility index (Phi) is 7.42. The molecule has 1 heterocycles. The molecule has 1 N–H and O–H groups in total. The van der Waals surface area contributed by atoms with Gasteiger partial charge in [0.1, 0.15) is 5.69 Å². The monoisotopic (exact) mass is 487 g/mol. The summed E-state index contributed by atoms with van der Waals surface area (Å²) in [4.78, 5) is 11.3. The third-order valence-electron chi connectivity index (χ3n) is 6.89. The first kappa shape index (κ1) is 24.5. The van der Waals surface area contributed by atoms with Gasteiger partial charge in [0.05, 0.1) is 15.5 Å². The van der Waals surface area contributed by atoms with Crippen molar-refractivity contribution in [2.75, 3.05) is 29.4 Å². The molecule has 0 unspecified atom stereocenters. The predicted molar refractivity (Wildman–Crippen MR) is 133 cm³/mol. The molecule has 2 aromatic rings. The van der Waals surface area contributed by atoms with Gasteiger partial charge in [-0.25, -0.2) is 8.42 Å². The molecule has 1 aliphatic heterocycles. The van der Waals surface area contributed by atoms with Crippen LogP contribution in [0.3, 0.4) is 0 Å². The summed E-state index contributed by atoms with van der Waals surface area (Å²) in [6.07, 6.45) is 5.30. The lowest BCUT2D eigenvalue weighted by Crippen LogP contribution is -2.39. The Balaban J connectivity index is 1.68. The van der Waals surface area contributed by atoms with E-state index in [0.717, 1.165) is 49.7 Å². The maximum absolute atomic E-state index is 13.9. The van der Waals surface area contributed by atoms with E-state index in [1.807, 2.05) is 32.0 Å². The van der Waals surface area contributed by atoms with Crippen LogP contribution in [0.1, 0.15) is 49.7 Å². The van der Waals surface area contributed by atoms with Crippen molar-refractivity contribution in [1.29, 1.82) is 0 Å². The highest BCUT2D eigenvalue weighted by atomic mass is 32.2. The van der Waals surface area contributed by atoms with Gasteiger partial charge in [-0.3, -0.25) is 14.4 Å². The number of anilines is 2. The minimum Gasteiger partial charge on any atom is -0.381 e. The zero-order valence-electron chi connectivity index (χ0n) is 19.8. The van der Waals surface area contributed by atoms with Crippen molar-refractivity contribution in [2.24, 2.45) is 5.92 Å². The number of aryl methyl sites for hydroxylation is 2. The van der Waals surface area contributed by atoms with E-state index in [9.17, 15) is 18.5 Å². The average molecular weight is 488 g/mol. The van der Waals surface area contributed by atoms with Crippen LogP contribution in [0.2, 0.25) is 0 Å². The third kappa shape index (κ3) is 5.20. The predicted octanol–water partition coefficient (Wildman–Crippen LogP) is 5.19. The first-order valence-electron chi connectivity index (χ1n) is 12.0. The fraction of sp³-hybridized carbons (Fsp3) is 0.520. The number of nitrogens with one attached hydrogen (secondary N) is 1. The number of nitro benzene ring substituents is 1. The standard InChI is InChI=1S/C25H33N3O5S/c1-18-7-10-24(19(2)15-18)27(21-5-3-4-6-21)34(31,32)22-8-9-23(25(16-22)28(29)30)26-17-20-11-13-33-14-12-20/h7-10,15-16,20-21,26H,3-6,11-14,17H2,1-2H3. The van der Waals surface area contributed by atoms with Crippen molar-refractivity contribution in [3.63, 3.8) is 0 Å². The normalized spacial score (nSPS) is 17.6. The maximum Gasteiger partial charge on any atom is 0.293 e. The van der Waals surface area contributed by atoms with E-state index >= 15 is 0 Å². The fourth-order valence-corrected chi connectivity index (χ4v) is 6.80. The van der Waals surface area contributed by atoms with E-state index in [4.69, 9.17) is 4.74 Å². The molecule has 1 saturated carbocycles. The Labute approximate surface area is 201 Å². The molecule has 0 atom stereocenters. The van der Waals surface area contributed by atoms with Crippen molar-refractivity contribution < 1.29 is 18.1 Å². The number of nitrogens with zero attached hydrogens (tertiary/aromatic N) is 2. The second-order valence-corrected chi connectivity index (χ2v) is 11.2. The van der Waals surface area contributed by atoms with Crippen molar-refractivity contribution in [3.05, 3.63) is 57.6 Å². The van der Waals surface area contributed by atoms with Crippen LogP contribution in [0.25, 0.3) is 0 Å². The van der Waals surface area contributed by atoms with Gasteiger partial charge in [-0.05, 0) is 69.2 Å². The van der Waals surface area contributed by atoms with Crippen molar-refractivity contribution in [2.45, 2.75) is 63.3 Å². The van der Waals surface area contributed by atoms with Gasteiger partial charge >= 0.3 is 0 Å². The lowest BCUT2D eigenvalue weighted by molar-refractivity contribution is -0.384. The molecule has 0 spiro atoms. The number of benzene rings is 2. The van der Waals surface area contributed by atoms with Crippen LogP contribution in [-0.2, 0) is 14.8 Å². The number of hydrogen-bond acceptors (Lipinski definition) is 6. The molecule has 1 aliphatic carbocycles. The summed E-state index contributed by atoms with van der Waals surface area (Å²) >= 11 is 0. The smallest absolute Gasteiger partial charge is 0.293 e. The minimum atomic E-state index is -4.00. The maximum atomic E-state index is 13.9. The summed E-state index contributed by atoms with van der Waals surface area (Å²) < 4.78 is 34.7. The summed E-state index contributed by atoms with van der Waals surface area (Å²) in [5, 5.41) is 15.0. The van der Waals surface area contributed by atoms with Gasteiger partial charge in [-0.15, -0.1) is 0 Å². The Bertz CT molecular complexity index is 1140. The van der Waals surface area contributed by atoms with Gasteiger partial charge in [0.25, 0.3) is 15.7 Å². The molecular formula is C25H33N3O5S. The van der Waals surface area contributed by atoms with Crippen molar-refractivity contribution in [1.82, 2.24) is 0 Å². The van der Waals surface area contributed by atoms with Gasteiger partial charge in [0, 0.05) is 31.9 Å². The van der Waals surface area contributed by atoms with Crippen molar-refractivity contribution >= 4 is 27.1 Å². The molecule has 1 saturated heterocycles. The van der Waals surface area contributed by atoms with Crippen LogP contribution in [-0.4, -0.2) is 39.1 Å². The molecule has 2 aliphatic rings. The summed E-state index contributed by atoms with van der Waals surface area (Å²) in [7, 11) is -4.00. The van der Waals surface area contributed by atoms with Gasteiger partial charge in [-0.2, -0.15) is 0 Å². The Morgan fingerprint density at radius 1 is 1.06 bits per heavy atom. The van der Waals surface area contributed by atoms with Gasteiger partial charge in [0.15, 0.2) is 0 Å². The summed E-state index contributed by atoms with van der Waals surface area (Å²) in [5.74, 6) is 0.374. The van der Waals surface area contributed by atoms with E-state index in [2.05, 4.69) is 5.32 Å². The largest absolute Gasteiger partial charge is 0.381 e. The minimum absolute atomic E-state index is 0.0531. The van der Waals surface area contributed by atoms with Gasteiger partial charge in [0.2, 0.25) is 0 Å². The Morgan fingerprint density at radius 3 is 2.41 bits per heavy atom. The van der Waals surface area contributed by atoms with Crippen LogP contribution in [0.15, 0.2) is 41.3 Å². The second-order valence-electron chi connectivity index (χ2n) is 9.40. The molecule has 9 heteroatoms. The molecule has 184 valence electrons. The SMILES string of the molecule is Cc1ccc(N(C2CCCC2)S(=O)(=O)c2ccc(NCC3CCOCC3)c([N+](=O)[O-])c2)c(C)c1. The van der Waals surface area contributed by atoms with Gasteiger partial charge in [-0.1, -0.05) is 30.5 Å². The fourth-order valence-electron chi connectivity index (χ4n) is 5.00. The molecule has 0 aromatic heterocycles. The Hall–Kier alpha value is -2.65. The molecule has 8 nitrogen and oxygen atoms in total. The highest BCUT2D eigenvalue weighted by Crippen LogP contribution is 2.37. The first-order valence-corrected chi connectivity index (χ1v) is 13.4. The summed E-state index contributed by atoms with van der Waals surface area (Å²) in [6.45, 7) is 5.86.